The molecule has 0 aliphatic carbocycles. The van der Waals surface area contributed by atoms with E-state index in [0.717, 1.165) is 0 Å². The molecule has 0 aromatic rings. The van der Waals surface area contributed by atoms with Crippen molar-refractivity contribution in [1.82, 2.24) is 4.31 Å². The smallest absolute Gasteiger partial charge is 0.217 e. The van der Waals surface area contributed by atoms with Crippen molar-refractivity contribution in [3.05, 3.63) is 0 Å². The zero-order chi connectivity index (χ0) is 11.2. The topological polar surface area (TPSA) is 83.6 Å². The lowest BCUT2D eigenvalue weighted by Crippen LogP contribution is -2.41. The second-order valence-corrected chi connectivity index (χ2v) is 5.51. The predicted octanol–water partition coefficient (Wildman–Crippen LogP) is -0.632. The van der Waals surface area contributed by atoms with Crippen molar-refractivity contribution < 1.29 is 13.5 Å². The van der Waals surface area contributed by atoms with Crippen LogP contribution in [0.4, 0.5) is 0 Å². The van der Waals surface area contributed by atoms with Gasteiger partial charge in [0.25, 0.3) is 0 Å². The second-order valence-electron chi connectivity index (χ2n) is 3.16. The third-order valence-electron chi connectivity index (χ3n) is 2.12. The maximum Gasteiger partial charge on any atom is 0.217 e. The minimum atomic E-state index is -3.28. The molecule has 0 heterocycles. The summed E-state index contributed by atoms with van der Waals surface area (Å²) in [5, 5.41) is 8.07. The SMILES string of the molecule is CCN(CCCO)S(=O)(=O)C(C)CN. The first-order chi connectivity index (χ1) is 6.50. The maximum atomic E-state index is 11.8. The Morgan fingerprint density at radius 2 is 2.07 bits per heavy atom. The summed E-state index contributed by atoms with van der Waals surface area (Å²) in [4.78, 5) is 0. The van der Waals surface area contributed by atoms with Crippen molar-refractivity contribution >= 4 is 10.0 Å². The normalized spacial score (nSPS) is 14.6. The Kier molecular flexibility index (Phi) is 6.26. The van der Waals surface area contributed by atoms with Crippen molar-refractivity contribution in [1.29, 1.82) is 0 Å². The summed E-state index contributed by atoms with van der Waals surface area (Å²) in [5.41, 5.74) is 5.32. The summed E-state index contributed by atoms with van der Waals surface area (Å²) in [6.45, 7) is 4.28. The van der Waals surface area contributed by atoms with Gasteiger partial charge in [-0.3, -0.25) is 0 Å². The summed E-state index contributed by atoms with van der Waals surface area (Å²) in [7, 11) is -3.28. The average Bonchev–Trinajstić information content (AvgIpc) is 2.17. The zero-order valence-electron chi connectivity index (χ0n) is 8.81. The number of sulfonamides is 1. The fourth-order valence-electron chi connectivity index (χ4n) is 1.09. The Hall–Kier alpha value is -0.170. The van der Waals surface area contributed by atoms with Crippen LogP contribution in [0.25, 0.3) is 0 Å². The first-order valence-electron chi connectivity index (χ1n) is 4.80. The van der Waals surface area contributed by atoms with E-state index in [-0.39, 0.29) is 13.2 Å². The van der Waals surface area contributed by atoms with Crippen LogP contribution in [-0.4, -0.2) is 49.3 Å². The van der Waals surface area contributed by atoms with Crippen LogP contribution < -0.4 is 5.73 Å². The first-order valence-corrected chi connectivity index (χ1v) is 6.30. The molecule has 0 saturated carbocycles. The highest BCUT2D eigenvalue weighted by Crippen LogP contribution is 2.08. The molecule has 0 bridgehead atoms. The molecule has 0 fully saturated rings. The van der Waals surface area contributed by atoms with Crippen molar-refractivity contribution in [2.75, 3.05) is 26.2 Å². The van der Waals surface area contributed by atoms with Gasteiger partial charge in [-0.1, -0.05) is 6.92 Å². The molecule has 0 radical (unpaired) electrons. The molecule has 0 rings (SSSR count). The Bertz CT molecular complexity index is 241. The molecule has 0 aromatic carbocycles. The van der Waals surface area contributed by atoms with Gasteiger partial charge in [-0.15, -0.1) is 0 Å². The second kappa shape index (κ2) is 6.34. The molecular weight excluding hydrogens is 204 g/mol. The Labute approximate surface area is 85.9 Å². The molecular formula is C8H20N2O3S. The highest BCUT2D eigenvalue weighted by atomic mass is 32.2. The van der Waals surface area contributed by atoms with Gasteiger partial charge < -0.3 is 10.8 Å². The van der Waals surface area contributed by atoms with E-state index in [4.69, 9.17) is 10.8 Å². The van der Waals surface area contributed by atoms with E-state index in [9.17, 15) is 8.42 Å². The molecule has 1 atom stereocenters. The quantitative estimate of drug-likeness (QED) is 0.603. The van der Waals surface area contributed by atoms with Crippen LogP contribution >= 0.6 is 0 Å². The third-order valence-corrected chi connectivity index (χ3v) is 4.49. The van der Waals surface area contributed by atoms with Gasteiger partial charge in [0.1, 0.15) is 0 Å². The van der Waals surface area contributed by atoms with E-state index in [1.807, 2.05) is 0 Å². The van der Waals surface area contributed by atoms with Crippen LogP contribution in [-0.2, 0) is 10.0 Å². The number of hydrogen-bond acceptors (Lipinski definition) is 4. The lowest BCUT2D eigenvalue weighted by molar-refractivity contribution is 0.270. The Morgan fingerprint density at radius 1 is 1.50 bits per heavy atom. The zero-order valence-corrected chi connectivity index (χ0v) is 9.63. The number of hydrogen-bond donors (Lipinski definition) is 2. The molecule has 0 aliphatic rings. The summed E-state index contributed by atoms with van der Waals surface area (Å²) in [5.74, 6) is 0. The van der Waals surface area contributed by atoms with Crippen LogP contribution in [0.2, 0.25) is 0 Å². The number of nitrogens with two attached hydrogens (primary N) is 1. The predicted molar refractivity (Wildman–Crippen MR) is 56.4 cm³/mol. The van der Waals surface area contributed by atoms with Crippen molar-refractivity contribution in [2.45, 2.75) is 25.5 Å². The highest BCUT2D eigenvalue weighted by Gasteiger charge is 2.25. The van der Waals surface area contributed by atoms with E-state index >= 15 is 0 Å². The van der Waals surface area contributed by atoms with Gasteiger partial charge in [-0.25, -0.2) is 12.7 Å². The number of nitrogens with zero attached hydrogens (tertiary/aromatic N) is 1. The van der Waals surface area contributed by atoms with Crippen LogP contribution in [0.3, 0.4) is 0 Å². The number of rotatable bonds is 7. The van der Waals surface area contributed by atoms with Crippen molar-refractivity contribution in [2.24, 2.45) is 5.73 Å². The molecule has 0 aliphatic heterocycles. The van der Waals surface area contributed by atoms with Crippen LogP contribution in [0.1, 0.15) is 20.3 Å². The van der Waals surface area contributed by atoms with Crippen LogP contribution in [0, 0.1) is 0 Å². The van der Waals surface area contributed by atoms with Gasteiger partial charge in [-0.2, -0.15) is 0 Å². The molecule has 86 valence electrons. The maximum absolute atomic E-state index is 11.8. The van der Waals surface area contributed by atoms with E-state index < -0.39 is 15.3 Å². The van der Waals surface area contributed by atoms with Gasteiger partial charge in [0.2, 0.25) is 10.0 Å². The Morgan fingerprint density at radius 3 is 2.43 bits per heavy atom. The number of aliphatic hydroxyl groups is 1. The van der Waals surface area contributed by atoms with Gasteiger partial charge in [0.05, 0.1) is 5.25 Å². The molecule has 14 heavy (non-hydrogen) atoms. The molecule has 0 spiro atoms. The molecule has 3 N–H and O–H groups in total. The molecule has 0 saturated heterocycles. The molecule has 1 unspecified atom stereocenters. The monoisotopic (exact) mass is 224 g/mol. The number of aliphatic hydroxyl groups excluding tert-OH is 1. The summed E-state index contributed by atoms with van der Waals surface area (Å²) < 4.78 is 24.9. The molecule has 5 nitrogen and oxygen atoms in total. The highest BCUT2D eigenvalue weighted by molar-refractivity contribution is 7.89. The van der Waals surface area contributed by atoms with Crippen LogP contribution in [0.5, 0.6) is 0 Å². The van der Waals surface area contributed by atoms with Crippen molar-refractivity contribution in [3.63, 3.8) is 0 Å². The van der Waals surface area contributed by atoms with Gasteiger partial charge in [-0.05, 0) is 13.3 Å². The van der Waals surface area contributed by atoms with E-state index in [0.29, 0.717) is 19.5 Å². The summed E-state index contributed by atoms with van der Waals surface area (Å²) >= 11 is 0. The van der Waals surface area contributed by atoms with Gasteiger partial charge >= 0.3 is 0 Å². The first kappa shape index (κ1) is 13.8. The fourth-order valence-corrected chi connectivity index (χ4v) is 2.58. The lowest BCUT2D eigenvalue weighted by atomic mass is 10.4. The standard InChI is InChI=1S/C8H20N2O3S/c1-3-10(5-4-6-11)14(12,13)8(2)7-9/h8,11H,3-7,9H2,1-2H3. The molecule has 6 heteroatoms. The largest absolute Gasteiger partial charge is 0.396 e. The van der Waals surface area contributed by atoms with Crippen molar-refractivity contribution in [3.8, 4) is 0 Å². The third kappa shape index (κ3) is 3.53. The summed E-state index contributed by atoms with van der Waals surface area (Å²) in [6, 6.07) is 0. The van der Waals surface area contributed by atoms with E-state index in [2.05, 4.69) is 0 Å². The van der Waals surface area contributed by atoms with E-state index in [1.54, 1.807) is 13.8 Å². The summed E-state index contributed by atoms with van der Waals surface area (Å²) in [6.07, 6.45) is 0.463. The fraction of sp³-hybridized carbons (Fsp3) is 1.00. The lowest BCUT2D eigenvalue weighted by Gasteiger charge is -2.23. The minimum absolute atomic E-state index is 0.00300. The minimum Gasteiger partial charge on any atom is -0.396 e. The van der Waals surface area contributed by atoms with Gasteiger partial charge in [0.15, 0.2) is 0 Å². The molecule has 0 amide bonds. The Balaban J connectivity index is 4.49. The van der Waals surface area contributed by atoms with E-state index in [1.165, 1.54) is 4.31 Å². The average molecular weight is 224 g/mol. The van der Waals surface area contributed by atoms with Crippen LogP contribution in [0.15, 0.2) is 0 Å². The van der Waals surface area contributed by atoms with Gasteiger partial charge in [0, 0.05) is 26.2 Å². The molecule has 0 aromatic heterocycles.